The number of phenolic OH excluding ortho intramolecular Hbond substituents is 1. The average molecular weight is 389 g/mol. The molecule has 0 radical (unpaired) electrons. The van der Waals surface area contributed by atoms with Crippen molar-refractivity contribution in [2.75, 3.05) is 49.2 Å². The summed E-state index contributed by atoms with van der Waals surface area (Å²) >= 11 is 0. The lowest BCUT2D eigenvalue weighted by Gasteiger charge is -2.35. The zero-order valence-corrected chi connectivity index (χ0v) is 15.9. The predicted molar refractivity (Wildman–Crippen MR) is 105 cm³/mol. The molecule has 27 heavy (non-hydrogen) atoms. The number of nitrogens with zero attached hydrogens (tertiary/aromatic N) is 2. The number of carbonyl (C=O) groups excluding carboxylic acids is 1. The lowest BCUT2D eigenvalue weighted by atomic mass is 10.2. The van der Waals surface area contributed by atoms with Crippen LogP contribution in [0.3, 0.4) is 0 Å². The molecule has 0 aliphatic carbocycles. The van der Waals surface area contributed by atoms with Gasteiger partial charge in [0.1, 0.15) is 5.75 Å². The van der Waals surface area contributed by atoms with Gasteiger partial charge in [0.15, 0.2) is 9.84 Å². The summed E-state index contributed by atoms with van der Waals surface area (Å²) < 4.78 is 23.2. The summed E-state index contributed by atoms with van der Waals surface area (Å²) in [5.41, 5.74) is 1.27. The van der Waals surface area contributed by atoms with Crippen molar-refractivity contribution >= 4 is 27.1 Å². The number of benzene rings is 2. The van der Waals surface area contributed by atoms with Crippen molar-refractivity contribution in [2.24, 2.45) is 0 Å². The van der Waals surface area contributed by atoms with E-state index in [2.05, 4.69) is 10.2 Å². The van der Waals surface area contributed by atoms with Crippen LogP contribution in [0.15, 0.2) is 53.4 Å². The Balaban J connectivity index is 1.54. The number of piperazine rings is 1. The smallest absolute Gasteiger partial charge is 0.238 e. The van der Waals surface area contributed by atoms with Crippen molar-refractivity contribution in [1.82, 2.24) is 4.90 Å². The highest BCUT2D eigenvalue weighted by Gasteiger charge is 2.20. The van der Waals surface area contributed by atoms with Crippen molar-refractivity contribution in [3.8, 4) is 5.75 Å². The average Bonchev–Trinajstić information content (AvgIpc) is 2.62. The number of amides is 1. The maximum absolute atomic E-state index is 12.3. The highest BCUT2D eigenvalue weighted by atomic mass is 32.2. The minimum absolute atomic E-state index is 0.177. The first-order valence-electron chi connectivity index (χ1n) is 8.68. The molecule has 2 aromatic rings. The van der Waals surface area contributed by atoms with Gasteiger partial charge in [0.25, 0.3) is 0 Å². The second-order valence-corrected chi connectivity index (χ2v) is 8.62. The Bertz CT molecular complexity index is 922. The SMILES string of the molecule is CS(=O)(=O)c1cccc(NC(=O)CN2CCN(c3ccccc3O)CC2)c1. The molecule has 0 unspecified atom stereocenters. The molecule has 0 aromatic heterocycles. The largest absolute Gasteiger partial charge is 0.506 e. The van der Waals surface area contributed by atoms with Gasteiger partial charge < -0.3 is 15.3 Å². The lowest BCUT2D eigenvalue weighted by Crippen LogP contribution is -2.48. The van der Waals surface area contributed by atoms with Gasteiger partial charge in [0, 0.05) is 38.1 Å². The highest BCUT2D eigenvalue weighted by Crippen LogP contribution is 2.27. The highest BCUT2D eigenvalue weighted by molar-refractivity contribution is 7.90. The van der Waals surface area contributed by atoms with Gasteiger partial charge in [-0.15, -0.1) is 0 Å². The van der Waals surface area contributed by atoms with E-state index < -0.39 is 9.84 Å². The molecule has 0 spiro atoms. The molecule has 0 bridgehead atoms. The number of phenols is 1. The lowest BCUT2D eigenvalue weighted by molar-refractivity contribution is -0.117. The van der Waals surface area contributed by atoms with Crippen LogP contribution in [0.5, 0.6) is 5.75 Å². The monoisotopic (exact) mass is 389 g/mol. The van der Waals surface area contributed by atoms with Crippen LogP contribution < -0.4 is 10.2 Å². The van der Waals surface area contributed by atoms with Crippen LogP contribution in [0, 0.1) is 0 Å². The van der Waals surface area contributed by atoms with E-state index >= 15 is 0 Å². The van der Waals surface area contributed by atoms with Crippen LogP contribution in [0.25, 0.3) is 0 Å². The maximum Gasteiger partial charge on any atom is 0.238 e. The van der Waals surface area contributed by atoms with Gasteiger partial charge in [-0.2, -0.15) is 0 Å². The molecular formula is C19H23N3O4S. The summed E-state index contributed by atoms with van der Waals surface area (Å²) in [6, 6.07) is 13.5. The van der Waals surface area contributed by atoms with E-state index in [-0.39, 0.29) is 23.1 Å². The maximum atomic E-state index is 12.3. The number of carbonyl (C=O) groups is 1. The third-order valence-corrected chi connectivity index (χ3v) is 5.62. The van der Waals surface area contributed by atoms with Crippen LogP contribution in [-0.4, -0.2) is 63.3 Å². The number of rotatable bonds is 5. The summed E-state index contributed by atoms with van der Waals surface area (Å²) in [6.45, 7) is 3.07. The Morgan fingerprint density at radius 1 is 1.07 bits per heavy atom. The fourth-order valence-corrected chi connectivity index (χ4v) is 3.75. The van der Waals surface area contributed by atoms with Crippen molar-refractivity contribution < 1.29 is 18.3 Å². The summed E-state index contributed by atoms with van der Waals surface area (Å²) in [5, 5.41) is 12.7. The van der Waals surface area contributed by atoms with Gasteiger partial charge in [-0.25, -0.2) is 8.42 Å². The van der Waals surface area contributed by atoms with E-state index in [9.17, 15) is 18.3 Å². The Kier molecular flexibility index (Phi) is 5.67. The second kappa shape index (κ2) is 7.98. The van der Waals surface area contributed by atoms with Gasteiger partial charge in [0.05, 0.1) is 17.1 Å². The zero-order valence-electron chi connectivity index (χ0n) is 15.1. The summed E-state index contributed by atoms with van der Waals surface area (Å²) in [7, 11) is -3.31. The molecule has 0 saturated carbocycles. The van der Waals surface area contributed by atoms with Gasteiger partial charge in [-0.05, 0) is 30.3 Å². The molecular weight excluding hydrogens is 366 g/mol. The molecule has 1 fully saturated rings. The van der Waals surface area contributed by atoms with Crippen LogP contribution >= 0.6 is 0 Å². The van der Waals surface area contributed by atoms with E-state index in [1.807, 2.05) is 17.0 Å². The van der Waals surface area contributed by atoms with Gasteiger partial charge in [-0.1, -0.05) is 18.2 Å². The number of nitrogens with one attached hydrogen (secondary N) is 1. The van der Waals surface area contributed by atoms with Crippen molar-refractivity contribution in [3.05, 3.63) is 48.5 Å². The summed E-state index contributed by atoms with van der Waals surface area (Å²) in [5.74, 6) is 0.0751. The van der Waals surface area contributed by atoms with Crippen LogP contribution in [0.4, 0.5) is 11.4 Å². The third kappa shape index (κ3) is 4.99. The molecule has 1 amide bonds. The first-order chi connectivity index (χ1) is 12.8. The molecule has 1 heterocycles. The summed E-state index contributed by atoms with van der Waals surface area (Å²) in [6.07, 6.45) is 1.14. The van der Waals surface area contributed by atoms with E-state index in [4.69, 9.17) is 0 Å². The fraction of sp³-hybridized carbons (Fsp3) is 0.316. The number of sulfone groups is 1. The molecule has 0 atom stereocenters. The molecule has 2 N–H and O–H groups in total. The number of hydrogen-bond donors (Lipinski definition) is 2. The Morgan fingerprint density at radius 3 is 2.44 bits per heavy atom. The summed E-state index contributed by atoms with van der Waals surface area (Å²) in [4.78, 5) is 16.6. The molecule has 8 heteroatoms. The minimum atomic E-state index is -3.31. The molecule has 1 saturated heterocycles. The Labute approximate surface area is 159 Å². The van der Waals surface area contributed by atoms with Crippen LogP contribution in [0.2, 0.25) is 0 Å². The van der Waals surface area contributed by atoms with E-state index in [0.717, 1.165) is 11.9 Å². The van der Waals surface area contributed by atoms with Crippen molar-refractivity contribution in [3.63, 3.8) is 0 Å². The standard InChI is InChI=1S/C19H23N3O4S/c1-27(25,26)16-6-4-5-15(13-16)20-19(24)14-21-9-11-22(12-10-21)17-7-2-3-8-18(17)23/h2-8,13,23H,9-12,14H2,1H3,(H,20,24). The number of anilines is 2. The number of para-hydroxylation sites is 2. The second-order valence-electron chi connectivity index (χ2n) is 6.60. The van der Waals surface area contributed by atoms with Crippen LogP contribution in [-0.2, 0) is 14.6 Å². The normalized spacial score (nSPS) is 15.5. The predicted octanol–water partition coefficient (Wildman–Crippen LogP) is 1.56. The number of aromatic hydroxyl groups is 1. The van der Waals surface area contributed by atoms with Gasteiger partial charge in [0.2, 0.25) is 5.91 Å². The molecule has 7 nitrogen and oxygen atoms in total. The number of hydrogen-bond acceptors (Lipinski definition) is 6. The molecule has 2 aromatic carbocycles. The van der Waals surface area contributed by atoms with E-state index in [0.29, 0.717) is 31.9 Å². The molecule has 144 valence electrons. The molecule has 3 rings (SSSR count). The van der Waals surface area contributed by atoms with Crippen molar-refractivity contribution in [1.29, 1.82) is 0 Å². The Hall–Kier alpha value is -2.58. The van der Waals surface area contributed by atoms with Gasteiger partial charge >= 0.3 is 0 Å². The van der Waals surface area contributed by atoms with Crippen LogP contribution in [0.1, 0.15) is 0 Å². The molecule has 1 aliphatic heterocycles. The topological polar surface area (TPSA) is 90.0 Å². The van der Waals surface area contributed by atoms with Gasteiger partial charge in [-0.3, -0.25) is 9.69 Å². The van der Waals surface area contributed by atoms with E-state index in [1.54, 1.807) is 24.3 Å². The third-order valence-electron chi connectivity index (χ3n) is 4.51. The first-order valence-corrected chi connectivity index (χ1v) is 10.6. The first kappa shape index (κ1) is 19.2. The van der Waals surface area contributed by atoms with E-state index in [1.165, 1.54) is 12.1 Å². The quantitative estimate of drug-likeness (QED) is 0.807. The zero-order chi connectivity index (χ0) is 19.4. The molecule has 1 aliphatic rings. The fourth-order valence-electron chi connectivity index (χ4n) is 3.09. The Morgan fingerprint density at radius 2 is 1.78 bits per heavy atom. The van der Waals surface area contributed by atoms with Crippen molar-refractivity contribution in [2.45, 2.75) is 4.90 Å². The minimum Gasteiger partial charge on any atom is -0.506 e.